The summed E-state index contributed by atoms with van der Waals surface area (Å²) in [6, 6.07) is -0.327. The van der Waals surface area contributed by atoms with Crippen LogP contribution in [0.3, 0.4) is 0 Å². The third-order valence-corrected chi connectivity index (χ3v) is 3.86. The number of piperidine rings is 1. The molecule has 0 spiro atoms. The van der Waals surface area contributed by atoms with E-state index in [9.17, 15) is 14.7 Å². The first-order chi connectivity index (χ1) is 9.04. The number of aliphatic carboxylic acids is 1. The fourth-order valence-electron chi connectivity index (χ4n) is 2.54. The number of morpholine rings is 1. The molecule has 19 heavy (non-hydrogen) atoms. The lowest BCUT2D eigenvalue weighted by molar-refractivity contribution is -0.150. The maximum absolute atomic E-state index is 12.3. The molecule has 2 fully saturated rings. The topological polar surface area (TPSA) is 82.1 Å². The highest BCUT2D eigenvalue weighted by atomic mass is 16.5. The zero-order chi connectivity index (χ0) is 13.9. The molecular formula is C12H21N3O4. The molecule has 1 atom stereocenters. The van der Waals surface area contributed by atoms with Gasteiger partial charge in [0.05, 0.1) is 13.2 Å². The second kappa shape index (κ2) is 5.75. The zero-order valence-electron chi connectivity index (χ0n) is 11.2. The molecule has 2 rings (SSSR count). The molecule has 2 saturated heterocycles. The van der Waals surface area contributed by atoms with E-state index in [4.69, 9.17) is 4.74 Å². The Labute approximate surface area is 112 Å². The average Bonchev–Trinajstić information content (AvgIpc) is 2.40. The van der Waals surface area contributed by atoms with Crippen LogP contribution in [0.5, 0.6) is 0 Å². The van der Waals surface area contributed by atoms with E-state index < -0.39 is 11.5 Å². The third kappa shape index (κ3) is 2.98. The molecule has 7 nitrogen and oxygen atoms in total. The molecule has 2 amide bonds. The molecular weight excluding hydrogens is 250 g/mol. The lowest BCUT2D eigenvalue weighted by atomic mass is 9.89. The van der Waals surface area contributed by atoms with Crippen LogP contribution >= 0.6 is 0 Å². The number of rotatable bonds is 2. The molecule has 0 aromatic rings. The molecule has 0 saturated carbocycles. The van der Waals surface area contributed by atoms with Crippen molar-refractivity contribution in [1.82, 2.24) is 15.3 Å². The fourth-order valence-corrected chi connectivity index (χ4v) is 2.54. The Balaban J connectivity index is 2.01. The monoisotopic (exact) mass is 271 g/mol. The SMILES string of the molecule is CC1(C(=O)O)CCCCN1C(=O)NN1CCOCC1. The molecule has 1 unspecified atom stereocenters. The predicted octanol–water partition coefficient (Wildman–Crippen LogP) is 0.272. The summed E-state index contributed by atoms with van der Waals surface area (Å²) in [4.78, 5) is 25.1. The molecule has 0 aromatic carbocycles. The number of carboxylic acid groups (broad SMARTS) is 1. The molecule has 0 radical (unpaired) electrons. The van der Waals surface area contributed by atoms with E-state index in [0.717, 1.165) is 12.8 Å². The Morgan fingerprint density at radius 3 is 2.53 bits per heavy atom. The van der Waals surface area contributed by atoms with Crippen LogP contribution in [-0.2, 0) is 9.53 Å². The van der Waals surface area contributed by atoms with Crippen LogP contribution in [0.1, 0.15) is 26.2 Å². The van der Waals surface area contributed by atoms with Crippen molar-refractivity contribution in [2.75, 3.05) is 32.8 Å². The van der Waals surface area contributed by atoms with Gasteiger partial charge >= 0.3 is 12.0 Å². The van der Waals surface area contributed by atoms with Crippen molar-refractivity contribution in [2.45, 2.75) is 31.7 Å². The number of hydrogen-bond donors (Lipinski definition) is 2. The van der Waals surface area contributed by atoms with Crippen LogP contribution in [0.15, 0.2) is 0 Å². The highest BCUT2D eigenvalue weighted by molar-refractivity contribution is 5.86. The molecule has 2 heterocycles. The number of urea groups is 1. The second-order valence-electron chi connectivity index (χ2n) is 5.20. The fraction of sp³-hybridized carbons (Fsp3) is 0.833. The molecule has 0 aromatic heterocycles. The summed E-state index contributed by atoms with van der Waals surface area (Å²) >= 11 is 0. The van der Waals surface area contributed by atoms with Crippen molar-refractivity contribution in [1.29, 1.82) is 0 Å². The number of likely N-dealkylation sites (tertiary alicyclic amines) is 1. The Morgan fingerprint density at radius 1 is 1.21 bits per heavy atom. The van der Waals surface area contributed by atoms with E-state index >= 15 is 0 Å². The van der Waals surface area contributed by atoms with Crippen LogP contribution in [0.2, 0.25) is 0 Å². The smallest absolute Gasteiger partial charge is 0.332 e. The number of ether oxygens (including phenoxy) is 1. The normalized spacial score (nSPS) is 29.0. The van der Waals surface area contributed by atoms with Crippen LogP contribution in [0.25, 0.3) is 0 Å². The highest BCUT2D eigenvalue weighted by Crippen LogP contribution is 2.28. The van der Waals surface area contributed by atoms with Crippen molar-refractivity contribution in [3.63, 3.8) is 0 Å². The summed E-state index contributed by atoms with van der Waals surface area (Å²) < 4.78 is 5.21. The second-order valence-corrected chi connectivity index (χ2v) is 5.20. The molecule has 108 valence electrons. The summed E-state index contributed by atoms with van der Waals surface area (Å²) in [6.07, 6.45) is 2.18. The zero-order valence-corrected chi connectivity index (χ0v) is 11.2. The van der Waals surface area contributed by atoms with Gasteiger partial charge < -0.3 is 14.7 Å². The van der Waals surface area contributed by atoms with Gasteiger partial charge in [-0.2, -0.15) is 0 Å². The van der Waals surface area contributed by atoms with Crippen molar-refractivity contribution in [2.24, 2.45) is 0 Å². The Kier molecular flexibility index (Phi) is 4.26. The lowest BCUT2D eigenvalue weighted by Crippen LogP contribution is -2.62. The van der Waals surface area contributed by atoms with Gasteiger partial charge in [0.2, 0.25) is 0 Å². The van der Waals surface area contributed by atoms with Crippen molar-refractivity contribution >= 4 is 12.0 Å². The molecule has 2 N–H and O–H groups in total. The maximum atomic E-state index is 12.3. The van der Waals surface area contributed by atoms with E-state index in [1.807, 2.05) is 0 Å². The lowest BCUT2D eigenvalue weighted by Gasteiger charge is -2.42. The third-order valence-electron chi connectivity index (χ3n) is 3.86. The number of carboxylic acids is 1. The Hall–Kier alpha value is -1.34. The largest absolute Gasteiger partial charge is 0.480 e. The van der Waals surface area contributed by atoms with E-state index in [2.05, 4.69) is 5.43 Å². The van der Waals surface area contributed by atoms with Crippen molar-refractivity contribution < 1.29 is 19.4 Å². The summed E-state index contributed by atoms with van der Waals surface area (Å²) in [7, 11) is 0. The van der Waals surface area contributed by atoms with E-state index in [1.165, 1.54) is 4.90 Å². The van der Waals surface area contributed by atoms with Crippen LogP contribution < -0.4 is 5.43 Å². The quantitative estimate of drug-likeness (QED) is 0.753. The molecule has 2 aliphatic heterocycles. The van der Waals surface area contributed by atoms with Crippen LogP contribution in [0.4, 0.5) is 4.79 Å². The van der Waals surface area contributed by atoms with Gasteiger partial charge in [-0.3, -0.25) is 5.43 Å². The van der Waals surface area contributed by atoms with Gasteiger partial charge in [0.25, 0.3) is 0 Å². The minimum Gasteiger partial charge on any atom is -0.480 e. The van der Waals surface area contributed by atoms with E-state index in [0.29, 0.717) is 39.3 Å². The average molecular weight is 271 g/mol. The van der Waals surface area contributed by atoms with E-state index in [-0.39, 0.29) is 6.03 Å². The van der Waals surface area contributed by atoms with Crippen LogP contribution in [-0.4, -0.2) is 65.4 Å². The molecule has 2 aliphatic rings. The van der Waals surface area contributed by atoms with E-state index in [1.54, 1.807) is 11.9 Å². The standard InChI is InChI=1S/C12H21N3O4/c1-12(10(16)17)4-2-3-5-15(12)11(18)13-14-6-8-19-9-7-14/h2-9H2,1H3,(H,13,18)(H,16,17). The number of carbonyl (C=O) groups excluding carboxylic acids is 1. The number of nitrogens with zero attached hydrogens (tertiary/aromatic N) is 2. The van der Waals surface area contributed by atoms with Gasteiger partial charge in [-0.05, 0) is 26.2 Å². The molecule has 7 heteroatoms. The number of amides is 2. The summed E-state index contributed by atoms with van der Waals surface area (Å²) in [5.41, 5.74) is 1.67. The van der Waals surface area contributed by atoms with Crippen molar-refractivity contribution in [3.8, 4) is 0 Å². The summed E-state index contributed by atoms with van der Waals surface area (Å²) in [5, 5.41) is 11.1. The highest BCUT2D eigenvalue weighted by Gasteiger charge is 2.44. The number of hydrazine groups is 1. The van der Waals surface area contributed by atoms with Gasteiger partial charge in [-0.25, -0.2) is 14.6 Å². The van der Waals surface area contributed by atoms with Gasteiger partial charge in [-0.1, -0.05) is 0 Å². The van der Waals surface area contributed by atoms with Gasteiger partial charge in [0.1, 0.15) is 5.54 Å². The van der Waals surface area contributed by atoms with Crippen LogP contribution in [0, 0.1) is 0 Å². The first-order valence-electron chi connectivity index (χ1n) is 6.68. The Morgan fingerprint density at radius 2 is 1.89 bits per heavy atom. The minimum atomic E-state index is -1.10. The van der Waals surface area contributed by atoms with Gasteiger partial charge in [0, 0.05) is 19.6 Å². The molecule has 0 bridgehead atoms. The summed E-state index contributed by atoms with van der Waals surface area (Å²) in [6.45, 7) is 4.52. The maximum Gasteiger partial charge on any atom is 0.332 e. The summed E-state index contributed by atoms with van der Waals surface area (Å²) in [5.74, 6) is -0.940. The number of nitrogens with one attached hydrogen (secondary N) is 1. The first-order valence-corrected chi connectivity index (χ1v) is 6.68. The van der Waals surface area contributed by atoms with Crippen molar-refractivity contribution in [3.05, 3.63) is 0 Å². The van der Waals surface area contributed by atoms with Gasteiger partial charge in [-0.15, -0.1) is 0 Å². The predicted molar refractivity (Wildman–Crippen MR) is 67.5 cm³/mol. The first kappa shape index (κ1) is 14.1. The molecule has 0 aliphatic carbocycles. The Bertz CT molecular complexity index is 357. The number of carbonyl (C=O) groups is 2. The number of hydrogen-bond acceptors (Lipinski definition) is 4. The minimum absolute atomic E-state index is 0.327. The van der Waals surface area contributed by atoms with Gasteiger partial charge in [0.15, 0.2) is 0 Å².